The van der Waals surface area contributed by atoms with Crippen molar-refractivity contribution < 1.29 is 19.7 Å². The van der Waals surface area contributed by atoms with E-state index in [9.17, 15) is 10.2 Å². The highest BCUT2D eigenvalue weighted by Gasteiger charge is 2.17. The molecule has 2 unspecified atom stereocenters. The number of aliphatic hydroxyl groups is 2. The van der Waals surface area contributed by atoms with Crippen molar-refractivity contribution in [3.8, 4) is 11.5 Å². The van der Waals surface area contributed by atoms with Crippen LogP contribution >= 0.6 is 0 Å². The van der Waals surface area contributed by atoms with Gasteiger partial charge in [-0.25, -0.2) is 0 Å². The van der Waals surface area contributed by atoms with Crippen LogP contribution in [0.3, 0.4) is 0 Å². The first kappa shape index (κ1) is 51.7. The highest BCUT2D eigenvalue weighted by atomic mass is 16.5. The fraction of sp³-hybridized carbons (Fsp3) is 0.676. The zero-order chi connectivity index (χ0) is 33.5. The molecule has 2 N–H and O–H groups in total. The van der Waals surface area contributed by atoms with Gasteiger partial charge >= 0.3 is 0 Å². The van der Waals surface area contributed by atoms with Gasteiger partial charge in [-0.3, -0.25) is 0 Å². The van der Waals surface area contributed by atoms with Crippen LogP contribution in [0.1, 0.15) is 136 Å². The van der Waals surface area contributed by atoms with E-state index in [1.165, 1.54) is 0 Å². The summed E-state index contributed by atoms with van der Waals surface area (Å²) in [6.45, 7) is 33.3. The molecule has 246 valence electrons. The smallest absolute Gasteiger partial charge is 0.119 e. The van der Waals surface area contributed by atoms with Crippen LogP contribution in [0.4, 0.5) is 0 Å². The molecule has 0 saturated heterocycles. The van der Waals surface area contributed by atoms with Crippen molar-refractivity contribution in [1.82, 2.24) is 0 Å². The SMILES string of the molecule is CC.CC.CC.CC.CC.CC.CCC(C)(C)CCC(O)COc1ccccc1.CCC(O)COc1ccccc1. The van der Waals surface area contributed by atoms with Crippen LogP contribution in [0.15, 0.2) is 60.7 Å². The number of ether oxygens (including phenoxy) is 2. The fourth-order valence-electron chi connectivity index (χ4n) is 2.35. The Morgan fingerprint density at radius 2 is 0.878 bits per heavy atom. The highest BCUT2D eigenvalue weighted by Crippen LogP contribution is 2.26. The molecule has 2 aromatic carbocycles. The summed E-state index contributed by atoms with van der Waals surface area (Å²) in [6.07, 6.45) is 2.97. The molecule has 0 saturated carbocycles. The Labute approximate surface area is 258 Å². The van der Waals surface area contributed by atoms with Crippen molar-refractivity contribution in [3.63, 3.8) is 0 Å². The Hall–Kier alpha value is -2.04. The number of hydrogen-bond acceptors (Lipinski definition) is 4. The summed E-state index contributed by atoms with van der Waals surface area (Å²) >= 11 is 0. The van der Waals surface area contributed by atoms with Crippen LogP contribution in [-0.2, 0) is 0 Å². The molecule has 2 atom stereocenters. The van der Waals surface area contributed by atoms with E-state index >= 15 is 0 Å². The Morgan fingerprint density at radius 1 is 0.561 bits per heavy atom. The molecule has 0 bridgehead atoms. The molecule has 4 heteroatoms. The van der Waals surface area contributed by atoms with E-state index in [-0.39, 0.29) is 12.2 Å². The third-order valence-electron chi connectivity index (χ3n) is 4.95. The van der Waals surface area contributed by atoms with Crippen molar-refractivity contribution in [2.75, 3.05) is 13.2 Å². The molecule has 4 nitrogen and oxygen atoms in total. The normalized spacial score (nSPS) is 10.1. The largest absolute Gasteiger partial charge is 0.491 e. The van der Waals surface area contributed by atoms with Gasteiger partial charge in [0, 0.05) is 0 Å². The summed E-state index contributed by atoms with van der Waals surface area (Å²) in [6, 6.07) is 19.1. The van der Waals surface area contributed by atoms with Crippen molar-refractivity contribution >= 4 is 0 Å². The van der Waals surface area contributed by atoms with Gasteiger partial charge in [-0.2, -0.15) is 0 Å². The maximum absolute atomic E-state index is 9.84. The quantitative estimate of drug-likeness (QED) is 0.277. The first-order valence-electron chi connectivity index (χ1n) is 16.6. The monoisotopic (exact) mass is 583 g/mol. The first-order valence-corrected chi connectivity index (χ1v) is 16.6. The van der Waals surface area contributed by atoms with Gasteiger partial charge in [0.25, 0.3) is 0 Å². The van der Waals surface area contributed by atoms with E-state index in [4.69, 9.17) is 9.47 Å². The van der Waals surface area contributed by atoms with Crippen molar-refractivity contribution in [2.24, 2.45) is 5.41 Å². The van der Waals surface area contributed by atoms with Gasteiger partial charge < -0.3 is 19.7 Å². The van der Waals surface area contributed by atoms with Gasteiger partial charge in [0.15, 0.2) is 0 Å². The second-order valence-electron chi connectivity index (χ2n) is 8.02. The lowest BCUT2D eigenvalue weighted by Gasteiger charge is -2.24. The summed E-state index contributed by atoms with van der Waals surface area (Å²) < 4.78 is 10.8. The molecule has 41 heavy (non-hydrogen) atoms. The van der Waals surface area contributed by atoms with Crippen molar-refractivity contribution in [3.05, 3.63) is 60.7 Å². The van der Waals surface area contributed by atoms with E-state index in [1.807, 2.05) is 151 Å². The second kappa shape index (κ2) is 45.0. The average molecular weight is 583 g/mol. The summed E-state index contributed by atoms with van der Waals surface area (Å²) in [5, 5.41) is 19.0. The topological polar surface area (TPSA) is 58.9 Å². The molecule has 2 rings (SSSR count). The molecule has 0 aliphatic carbocycles. The Kier molecular flexibility index (Phi) is 56.7. The number of para-hydroxylation sites is 2. The van der Waals surface area contributed by atoms with Gasteiger partial charge in [-0.15, -0.1) is 0 Å². The number of benzene rings is 2. The van der Waals surface area contributed by atoms with Gasteiger partial charge in [0.2, 0.25) is 0 Å². The maximum Gasteiger partial charge on any atom is 0.119 e. The predicted octanol–water partition coefficient (Wildman–Crippen LogP) is 11.6. The van der Waals surface area contributed by atoms with Gasteiger partial charge in [0.1, 0.15) is 24.7 Å². The maximum atomic E-state index is 9.84. The molecule has 0 aromatic heterocycles. The lowest BCUT2D eigenvalue weighted by atomic mass is 9.84. The molecular formula is C37H74O4. The van der Waals surface area contributed by atoms with Crippen LogP contribution in [0.5, 0.6) is 11.5 Å². The summed E-state index contributed by atoms with van der Waals surface area (Å²) in [5.74, 6) is 1.63. The molecule has 0 heterocycles. The average Bonchev–Trinajstić information content (AvgIpc) is 3.08. The predicted molar refractivity (Wildman–Crippen MR) is 188 cm³/mol. The molecule has 0 aliphatic heterocycles. The van der Waals surface area contributed by atoms with E-state index in [1.54, 1.807) is 0 Å². The minimum atomic E-state index is -0.374. The third kappa shape index (κ3) is 40.2. The first-order chi connectivity index (χ1) is 19.9. The summed E-state index contributed by atoms with van der Waals surface area (Å²) in [5.41, 5.74) is 0.313. The minimum absolute atomic E-state index is 0.313. The van der Waals surface area contributed by atoms with Gasteiger partial charge in [-0.05, 0) is 48.9 Å². The van der Waals surface area contributed by atoms with Crippen LogP contribution < -0.4 is 9.47 Å². The zero-order valence-corrected chi connectivity index (χ0v) is 30.4. The highest BCUT2D eigenvalue weighted by molar-refractivity contribution is 5.21. The Bertz CT molecular complexity index is 630. The van der Waals surface area contributed by atoms with E-state index in [2.05, 4.69) is 20.8 Å². The molecule has 0 fully saturated rings. The van der Waals surface area contributed by atoms with Crippen molar-refractivity contribution in [1.29, 1.82) is 0 Å². The number of hydrogen-bond donors (Lipinski definition) is 2. The minimum Gasteiger partial charge on any atom is -0.491 e. The fourth-order valence-corrected chi connectivity index (χ4v) is 2.35. The lowest BCUT2D eigenvalue weighted by molar-refractivity contribution is 0.0866. The number of rotatable bonds is 11. The van der Waals surface area contributed by atoms with E-state index < -0.39 is 0 Å². The second-order valence-corrected chi connectivity index (χ2v) is 8.02. The molecular weight excluding hydrogens is 508 g/mol. The standard InChI is InChI=1S/C15H24O2.C10H14O2.6C2H6/c1-4-15(2,3)11-10-13(16)12-17-14-8-6-5-7-9-14;1-2-9(11)8-12-10-6-4-3-5-7-10;6*1-2/h5-9,13,16H,4,10-12H2,1-3H3;3-7,9,11H,2,8H2,1H3;6*1-2H3. The van der Waals surface area contributed by atoms with E-state index in [0.717, 1.165) is 37.2 Å². The molecule has 0 amide bonds. The summed E-state index contributed by atoms with van der Waals surface area (Å²) in [7, 11) is 0. The lowest BCUT2D eigenvalue weighted by Crippen LogP contribution is -2.21. The van der Waals surface area contributed by atoms with Crippen molar-refractivity contribution in [2.45, 2.75) is 149 Å². The number of aliphatic hydroxyl groups excluding tert-OH is 2. The summed E-state index contributed by atoms with van der Waals surface area (Å²) in [4.78, 5) is 0. The van der Waals surface area contributed by atoms with Gasteiger partial charge in [0.05, 0.1) is 12.2 Å². The van der Waals surface area contributed by atoms with Crippen LogP contribution in [-0.4, -0.2) is 35.6 Å². The van der Waals surface area contributed by atoms with Crippen LogP contribution in [0.2, 0.25) is 0 Å². The molecule has 2 aromatic rings. The van der Waals surface area contributed by atoms with E-state index in [0.29, 0.717) is 18.6 Å². The van der Waals surface area contributed by atoms with Crippen LogP contribution in [0, 0.1) is 5.41 Å². The molecule has 0 spiro atoms. The third-order valence-corrected chi connectivity index (χ3v) is 4.95. The Balaban J connectivity index is -0.000000112. The zero-order valence-electron chi connectivity index (χ0n) is 30.4. The van der Waals surface area contributed by atoms with Gasteiger partial charge in [-0.1, -0.05) is 154 Å². The molecule has 0 radical (unpaired) electrons. The van der Waals surface area contributed by atoms with Crippen LogP contribution in [0.25, 0.3) is 0 Å². The molecule has 0 aliphatic rings. The Morgan fingerprint density at radius 3 is 1.17 bits per heavy atom.